The van der Waals surface area contributed by atoms with Crippen LogP contribution in [0.25, 0.3) is 0 Å². The number of halogens is 1. The van der Waals surface area contributed by atoms with E-state index in [2.05, 4.69) is 27.3 Å². The van der Waals surface area contributed by atoms with E-state index in [-0.39, 0.29) is 35.2 Å². The van der Waals surface area contributed by atoms with Gasteiger partial charge in [0.25, 0.3) is 10.0 Å². The maximum Gasteiger partial charge on any atom is 0.261 e. The van der Waals surface area contributed by atoms with Crippen molar-refractivity contribution in [1.29, 1.82) is 0 Å². The topological polar surface area (TPSA) is 83.6 Å². The van der Waals surface area contributed by atoms with Crippen LogP contribution in [-0.2, 0) is 19.6 Å². The number of anilines is 2. The van der Waals surface area contributed by atoms with E-state index in [1.807, 2.05) is 0 Å². The molecule has 124 valence electrons. The molecule has 0 bridgehead atoms. The maximum atomic E-state index is 12.5. The third kappa shape index (κ3) is 3.44. The molecule has 24 heavy (non-hydrogen) atoms. The smallest absolute Gasteiger partial charge is 0.261 e. The highest BCUT2D eigenvalue weighted by molar-refractivity contribution is 14.1. The van der Waals surface area contributed by atoms with E-state index in [0.717, 1.165) is 8.47 Å². The summed E-state index contributed by atoms with van der Waals surface area (Å²) >= 11 is 2.13. The van der Waals surface area contributed by atoms with Gasteiger partial charge in [0, 0.05) is 22.1 Å². The van der Waals surface area contributed by atoms with Crippen molar-refractivity contribution in [2.45, 2.75) is 17.7 Å². The number of benzene rings is 2. The SMILES string of the molecule is O=C1CCC(=O)N1c1cccc(S(=O)(=O)Nc2ccc(I)cc2)c1. The first-order valence-corrected chi connectivity index (χ1v) is 9.67. The Morgan fingerprint density at radius 1 is 0.958 bits per heavy atom. The molecule has 0 spiro atoms. The van der Waals surface area contributed by atoms with Crippen molar-refractivity contribution in [2.75, 3.05) is 9.62 Å². The third-order valence-corrected chi connectivity index (χ3v) is 5.63. The summed E-state index contributed by atoms with van der Waals surface area (Å²) in [4.78, 5) is 24.6. The summed E-state index contributed by atoms with van der Waals surface area (Å²) in [5, 5.41) is 0. The Balaban J connectivity index is 1.91. The normalized spacial score (nSPS) is 15.0. The van der Waals surface area contributed by atoms with E-state index in [1.165, 1.54) is 18.2 Å². The summed E-state index contributed by atoms with van der Waals surface area (Å²) in [6, 6.07) is 12.7. The van der Waals surface area contributed by atoms with Crippen molar-refractivity contribution in [3.8, 4) is 0 Å². The number of imide groups is 1. The number of nitrogens with zero attached hydrogens (tertiary/aromatic N) is 1. The standard InChI is InChI=1S/C16H13IN2O4S/c17-11-4-6-12(7-5-11)18-24(22,23)14-3-1-2-13(10-14)19-15(20)8-9-16(19)21/h1-7,10,18H,8-9H2. The minimum Gasteiger partial charge on any atom is -0.280 e. The van der Waals surface area contributed by atoms with Gasteiger partial charge in [-0.3, -0.25) is 19.2 Å². The van der Waals surface area contributed by atoms with Crippen LogP contribution in [0.4, 0.5) is 11.4 Å². The van der Waals surface area contributed by atoms with E-state index in [0.29, 0.717) is 5.69 Å². The first-order chi connectivity index (χ1) is 11.4. The Labute approximate surface area is 153 Å². The van der Waals surface area contributed by atoms with E-state index in [4.69, 9.17) is 0 Å². The number of carbonyl (C=O) groups excluding carboxylic acids is 2. The average Bonchev–Trinajstić information content (AvgIpc) is 2.88. The molecule has 1 saturated heterocycles. The number of nitrogens with one attached hydrogen (secondary N) is 1. The van der Waals surface area contributed by atoms with Crippen LogP contribution in [0.2, 0.25) is 0 Å². The predicted octanol–water partition coefficient (Wildman–Crippen LogP) is 2.75. The van der Waals surface area contributed by atoms with Gasteiger partial charge in [-0.05, 0) is 65.1 Å². The molecule has 2 aromatic carbocycles. The molecule has 2 aromatic rings. The Hall–Kier alpha value is -1.94. The highest BCUT2D eigenvalue weighted by Gasteiger charge is 2.31. The Morgan fingerprint density at radius 3 is 2.21 bits per heavy atom. The zero-order valence-corrected chi connectivity index (χ0v) is 15.4. The summed E-state index contributed by atoms with van der Waals surface area (Å²) in [5.74, 6) is -0.639. The molecule has 0 aromatic heterocycles. The predicted molar refractivity (Wildman–Crippen MR) is 98.1 cm³/mol. The van der Waals surface area contributed by atoms with Gasteiger partial charge in [-0.15, -0.1) is 0 Å². The molecule has 1 aliphatic heterocycles. The van der Waals surface area contributed by atoms with Crippen LogP contribution in [0.15, 0.2) is 53.4 Å². The average molecular weight is 456 g/mol. The van der Waals surface area contributed by atoms with Crippen molar-refractivity contribution >= 4 is 55.8 Å². The van der Waals surface area contributed by atoms with Gasteiger partial charge >= 0.3 is 0 Å². The number of hydrogen-bond acceptors (Lipinski definition) is 4. The summed E-state index contributed by atoms with van der Waals surface area (Å²) in [6.07, 6.45) is 0.299. The molecule has 1 heterocycles. The molecule has 1 N–H and O–H groups in total. The first-order valence-electron chi connectivity index (χ1n) is 7.11. The number of carbonyl (C=O) groups is 2. The van der Waals surface area contributed by atoms with Crippen molar-refractivity contribution in [3.63, 3.8) is 0 Å². The van der Waals surface area contributed by atoms with E-state index in [9.17, 15) is 18.0 Å². The van der Waals surface area contributed by atoms with Crippen LogP contribution >= 0.6 is 22.6 Å². The van der Waals surface area contributed by atoms with Crippen molar-refractivity contribution in [1.82, 2.24) is 0 Å². The molecule has 0 radical (unpaired) electrons. The van der Waals surface area contributed by atoms with Gasteiger partial charge in [-0.25, -0.2) is 8.42 Å². The van der Waals surface area contributed by atoms with Crippen molar-refractivity contribution < 1.29 is 18.0 Å². The molecule has 6 nitrogen and oxygen atoms in total. The second kappa shape index (κ2) is 6.52. The number of amides is 2. The lowest BCUT2D eigenvalue weighted by Gasteiger charge is -2.15. The van der Waals surface area contributed by atoms with Gasteiger partial charge in [0.2, 0.25) is 11.8 Å². The Kier molecular flexibility index (Phi) is 4.59. The van der Waals surface area contributed by atoms with Gasteiger partial charge in [0.1, 0.15) is 0 Å². The number of rotatable bonds is 4. The van der Waals surface area contributed by atoms with Gasteiger partial charge < -0.3 is 0 Å². The largest absolute Gasteiger partial charge is 0.280 e. The molecule has 8 heteroatoms. The first kappa shape index (κ1) is 16.9. The zero-order valence-electron chi connectivity index (χ0n) is 12.4. The fourth-order valence-corrected chi connectivity index (χ4v) is 3.84. The lowest BCUT2D eigenvalue weighted by Crippen LogP contribution is -2.28. The molecular formula is C16H13IN2O4S. The van der Waals surface area contributed by atoms with Crippen molar-refractivity contribution in [2.24, 2.45) is 0 Å². The molecular weight excluding hydrogens is 443 g/mol. The molecule has 1 aliphatic rings. The Morgan fingerprint density at radius 2 is 1.58 bits per heavy atom. The molecule has 1 fully saturated rings. The molecule has 0 aliphatic carbocycles. The molecule has 0 saturated carbocycles. The van der Waals surface area contributed by atoms with Crippen LogP contribution in [0, 0.1) is 3.57 Å². The third-order valence-electron chi connectivity index (χ3n) is 3.53. The van der Waals surface area contributed by atoms with E-state index >= 15 is 0 Å². The second-order valence-electron chi connectivity index (χ2n) is 5.23. The van der Waals surface area contributed by atoms with Crippen LogP contribution < -0.4 is 9.62 Å². The summed E-state index contributed by atoms with van der Waals surface area (Å²) in [6.45, 7) is 0. The van der Waals surface area contributed by atoms with Crippen LogP contribution in [-0.4, -0.2) is 20.2 Å². The van der Waals surface area contributed by atoms with Crippen LogP contribution in [0.1, 0.15) is 12.8 Å². The summed E-state index contributed by atoms with van der Waals surface area (Å²) in [5.41, 5.74) is 0.710. The fraction of sp³-hybridized carbons (Fsp3) is 0.125. The summed E-state index contributed by atoms with van der Waals surface area (Å²) < 4.78 is 28.5. The van der Waals surface area contributed by atoms with Gasteiger partial charge in [-0.1, -0.05) is 6.07 Å². The quantitative estimate of drug-likeness (QED) is 0.567. The molecule has 3 rings (SSSR count). The van der Waals surface area contributed by atoms with Crippen LogP contribution in [0.5, 0.6) is 0 Å². The Bertz CT molecular complexity index is 894. The molecule has 0 atom stereocenters. The lowest BCUT2D eigenvalue weighted by molar-refractivity contribution is -0.121. The minimum atomic E-state index is -3.81. The van der Waals surface area contributed by atoms with E-state index < -0.39 is 10.0 Å². The lowest BCUT2D eigenvalue weighted by atomic mass is 10.3. The molecule has 2 amide bonds. The maximum absolute atomic E-state index is 12.5. The molecule has 0 unspecified atom stereocenters. The number of hydrogen-bond donors (Lipinski definition) is 1. The van der Waals surface area contributed by atoms with Crippen molar-refractivity contribution in [3.05, 3.63) is 52.1 Å². The van der Waals surface area contributed by atoms with E-state index in [1.54, 1.807) is 30.3 Å². The van der Waals surface area contributed by atoms with Gasteiger partial charge in [-0.2, -0.15) is 0 Å². The monoisotopic (exact) mass is 456 g/mol. The van der Waals surface area contributed by atoms with Crippen LogP contribution in [0.3, 0.4) is 0 Å². The highest BCUT2D eigenvalue weighted by atomic mass is 127. The fourth-order valence-electron chi connectivity index (χ4n) is 2.39. The zero-order chi connectivity index (χ0) is 17.3. The summed E-state index contributed by atoms with van der Waals surface area (Å²) in [7, 11) is -3.81. The number of sulfonamides is 1. The minimum absolute atomic E-state index is 0.00829. The second-order valence-corrected chi connectivity index (χ2v) is 8.16. The van der Waals surface area contributed by atoms with Gasteiger partial charge in [0.05, 0.1) is 10.6 Å². The van der Waals surface area contributed by atoms with Gasteiger partial charge in [0.15, 0.2) is 0 Å². The highest BCUT2D eigenvalue weighted by Crippen LogP contribution is 2.26.